The van der Waals surface area contributed by atoms with Crippen molar-refractivity contribution in [3.8, 4) is 0 Å². The predicted octanol–water partition coefficient (Wildman–Crippen LogP) is 5.24. The van der Waals surface area contributed by atoms with Crippen molar-refractivity contribution in [2.24, 2.45) is 4.99 Å². The highest BCUT2D eigenvalue weighted by molar-refractivity contribution is 6.27. The summed E-state index contributed by atoms with van der Waals surface area (Å²) in [4.78, 5) is 12.2. The summed E-state index contributed by atoms with van der Waals surface area (Å²) in [5.74, 6) is 0. The Morgan fingerprint density at radius 3 is 2.56 bits per heavy atom. The summed E-state index contributed by atoms with van der Waals surface area (Å²) in [6.45, 7) is 0. The van der Waals surface area contributed by atoms with Crippen molar-refractivity contribution in [2.45, 2.75) is 0 Å². The SMILES string of the molecule is C1=Nc2ccccc2C1=C(c1ccncc1)c1c[nH]c2ccccc12. The molecule has 2 aromatic heterocycles. The molecule has 1 N–H and O–H groups in total. The highest BCUT2D eigenvalue weighted by Crippen LogP contribution is 2.40. The van der Waals surface area contributed by atoms with E-state index in [1.807, 2.05) is 30.7 Å². The Labute approximate surface area is 145 Å². The quantitative estimate of drug-likeness (QED) is 0.539. The number of aromatic amines is 1. The first-order valence-corrected chi connectivity index (χ1v) is 8.26. The van der Waals surface area contributed by atoms with Gasteiger partial charge in [0.1, 0.15) is 0 Å². The van der Waals surface area contributed by atoms with Gasteiger partial charge in [-0.1, -0.05) is 36.4 Å². The maximum Gasteiger partial charge on any atom is 0.0709 e. The van der Waals surface area contributed by atoms with Crippen molar-refractivity contribution < 1.29 is 0 Å². The number of pyridine rings is 1. The fourth-order valence-corrected chi connectivity index (χ4v) is 3.47. The fourth-order valence-electron chi connectivity index (χ4n) is 3.47. The minimum absolute atomic E-state index is 1.02. The minimum atomic E-state index is 1.02. The van der Waals surface area contributed by atoms with Crippen molar-refractivity contribution in [1.29, 1.82) is 0 Å². The highest BCUT2D eigenvalue weighted by atomic mass is 14.8. The lowest BCUT2D eigenvalue weighted by Gasteiger charge is -2.11. The van der Waals surface area contributed by atoms with Crippen molar-refractivity contribution >= 4 is 34.0 Å². The molecule has 0 bridgehead atoms. The predicted molar refractivity (Wildman–Crippen MR) is 103 cm³/mol. The van der Waals surface area contributed by atoms with E-state index in [0.29, 0.717) is 0 Å². The van der Waals surface area contributed by atoms with Crippen LogP contribution in [-0.2, 0) is 0 Å². The minimum Gasteiger partial charge on any atom is -0.361 e. The molecule has 3 nitrogen and oxygen atoms in total. The van der Waals surface area contributed by atoms with Crippen LogP contribution in [0.25, 0.3) is 22.0 Å². The Kier molecular flexibility index (Phi) is 3.10. The number of aromatic nitrogens is 2. The Morgan fingerprint density at radius 1 is 0.840 bits per heavy atom. The Bertz CT molecular complexity index is 1130. The van der Waals surface area contributed by atoms with Crippen molar-refractivity contribution in [3.05, 3.63) is 95.9 Å². The number of nitrogens with one attached hydrogen (secondary N) is 1. The third-order valence-electron chi connectivity index (χ3n) is 4.62. The molecule has 5 rings (SSSR count). The molecule has 1 aliphatic heterocycles. The normalized spacial score (nSPS) is 14.7. The van der Waals surface area contributed by atoms with Gasteiger partial charge in [0.15, 0.2) is 0 Å². The topological polar surface area (TPSA) is 41.0 Å². The largest absolute Gasteiger partial charge is 0.361 e. The van der Waals surface area contributed by atoms with Gasteiger partial charge in [-0.2, -0.15) is 0 Å². The summed E-state index contributed by atoms with van der Waals surface area (Å²) in [6.07, 6.45) is 7.73. The maximum absolute atomic E-state index is 4.61. The lowest BCUT2D eigenvalue weighted by Crippen LogP contribution is -1.93. The number of hydrogen-bond acceptors (Lipinski definition) is 2. The third kappa shape index (κ3) is 2.21. The molecule has 1 aliphatic rings. The van der Waals surface area contributed by atoms with E-state index in [1.165, 1.54) is 22.1 Å². The van der Waals surface area contributed by atoms with Crippen molar-refractivity contribution in [2.75, 3.05) is 0 Å². The smallest absolute Gasteiger partial charge is 0.0709 e. The van der Waals surface area contributed by atoms with Crippen LogP contribution < -0.4 is 0 Å². The molecule has 3 heterocycles. The molecule has 0 atom stereocenters. The van der Waals surface area contributed by atoms with Crippen LogP contribution in [0.15, 0.2) is 84.2 Å². The van der Waals surface area contributed by atoms with Crippen LogP contribution in [0.1, 0.15) is 16.7 Å². The van der Waals surface area contributed by atoms with E-state index in [4.69, 9.17) is 0 Å². The number of rotatable bonds is 2. The van der Waals surface area contributed by atoms with Gasteiger partial charge in [-0.3, -0.25) is 9.98 Å². The molecule has 0 amide bonds. The highest BCUT2D eigenvalue weighted by Gasteiger charge is 2.20. The molecule has 25 heavy (non-hydrogen) atoms. The molecule has 0 fully saturated rings. The van der Waals surface area contributed by atoms with Gasteiger partial charge >= 0.3 is 0 Å². The first-order chi connectivity index (χ1) is 12.4. The number of allylic oxidation sites excluding steroid dienone is 1. The summed E-state index contributed by atoms with van der Waals surface area (Å²) in [7, 11) is 0. The van der Waals surface area contributed by atoms with Crippen molar-refractivity contribution in [3.63, 3.8) is 0 Å². The lowest BCUT2D eigenvalue weighted by molar-refractivity contribution is 1.32. The molecule has 4 aromatic rings. The van der Waals surface area contributed by atoms with Crippen LogP contribution in [0.4, 0.5) is 5.69 Å². The molecule has 118 valence electrons. The molecule has 2 aromatic carbocycles. The standard InChI is InChI=1S/C22H15N3/c1-3-7-20-16(5-1)18(13-24-20)22(15-9-11-23-12-10-15)19-14-25-21-8-4-2-6-17(19)21/h1-14,24H. The van der Waals surface area contributed by atoms with Crippen LogP contribution in [0.2, 0.25) is 0 Å². The number of aliphatic imine (C=N–C) groups is 1. The van der Waals surface area contributed by atoms with Gasteiger partial charge in [-0.25, -0.2) is 0 Å². The van der Waals surface area contributed by atoms with Crippen LogP contribution >= 0.6 is 0 Å². The van der Waals surface area contributed by atoms with Crippen molar-refractivity contribution in [1.82, 2.24) is 9.97 Å². The zero-order valence-electron chi connectivity index (χ0n) is 13.5. The first kappa shape index (κ1) is 13.9. The molecule has 0 saturated carbocycles. The second-order valence-electron chi connectivity index (χ2n) is 6.05. The Hall–Kier alpha value is -3.46. The number of H-pyrrole nitrogens is 1. The molecule has 0 saturated heterocycles. The number of para-hydroxylation sites is 2. The van der Waals surface area contributed by atoms with Gasteiger partial charge < -0.3 is 4.98 Å². The van der Waals surface area contributed by atoms with E-state index in [0.717, 1.165) is 22.3 Å². The van der Waals surface area contributed by atoms with Gasteiger partial charge in [0, 0.05) is 58.0 Å². The first-order valence-electron chi connectivity index (χ1n) is 8.26. The van der Waals surface area contributed by atoms with E-state index in [-0.39, 0.29) is 0 Å². The average Bonchev–Trinajstić information content (AvgIpc) is 3.29. The van der Waals surface area contributed by atoms with Crippen LogP contribution in [0.3, 0.4) is 0 Å². The number of fused-ring (bicyclic) bond motifs is 2. The van der Waals surface area contributed by atoms with E-state index in [2.05, 4.69) is 69.7 Å². The van der Waals surface area contributed by atoms with Crippen LogP contribution in [-0.4, -0.2) is 16.2 Å². The Balaban J connectivity index is 1.86. The number of nitrogens with zero attached hydrogens (tertiary/aromatic N) is 2. The number of benzene rings is 2. The summed E-state index contributed by atoms with van der Waals surface area (Å²) < 4.78 is 0. The summed E-state index contributed by atoms with van der Waals surface area (Å²) in [6, 6.07) is 20.8. The third-order valence-corrected chi connectivity index (χ3v) is 4.62. The molecular weight excluding hydrogens is 306 g/mol. The second-order valence-corrected chi connectivity index (χ2v) is 6.05. The second kappa shape index (κ2) is 5.56. The Morgan fingerprint density at radius 2 is 1.64 bits per heavy atom. The summed E-state index contributed by atoms with van der Waals surface area (Å²) >= 11 is 0. The van der Waals surface area contributed by atoms with Gasteiger partial charge in [0.05, 0.1) is 5.69 Å². The summed E-state index contributed by atoms with van der Waals surface area (Å²) in [5, 5.41) is 1.21. The summed E-state index contributed by atoms with van der Waals surface area (Å²) in [5.41, 5.74) is 7.95. The fraction of sp³-hybridized carbons (Fsp3) is 0. The van der Waals surface area contributed by atoms with Crippen LogP contribution in [0.5, 0.6) is 0 Å². The molecule has 0 spiro atoms. The van der Waals surface area contributed by atoms with E-state index in [9.17, 15) is 0 Å². The van der Waals surface area contributed by atoms with Gasteiger partial charge in [-0.05, 0) is 29.8 Å². The van der Waals surface area contributed by atoms with Crippen LogP contribution in [0, 0.1) is 0 Å². The van der Waals surface area contributed by atoms with E-state index in [1.54, 1.807) is 0 Å². The van der Waals surface area contributed by atoms with Gasteiger partial charge in [0.2, 0.25) is 0 Å². The lowest BCUT2D eigenvalue weighted by atomic mass is 9.90. The molecule has 3 heteroatoms. The van der Waals surface area contributed by atoms with E-state index < -0.39 is 0 Å². The monoisotopic (exact) mass is 321 g/mol. The molecule has 0 unspecified atom stereocenters. The average molecular weight is 321 g/mol. The molecule has 0 radical (unpaired) electrons. The van der Waals surface area contributed by atoms with E-state index >= 15 is 0 Å². The van der Waals surface area contributed by atoms with Gasteiger partial charge in [-0.15, -0.1) is 0 Å². The number of hydrogen-bond donors (Lipinski definition) is 1. The zero-order valence-corrected chi connectivity index (χ0v) is 13.5. The molecular formula is C22H15N3. The van der Waals surface area contributed by atoms with Gasteiger partial charge in [0.25, 0.3) is 0 Å². The zero-order chi connectivity index (χ0) is 16.6. The molecule has 0 aliphatic carbocycles. The maximum atomic E-state index is 4.61.